The van der Waals surface area contributed by atoms with Gasteiger partial charge in [-0.25, -0.2) is 4.79 Å². The average molecular weight is 337 g/mol. The summed E-state index contributed by atoms with van der Waals surface area (Å²) in [7, 11) is 1.32. The van der Waals surface area contributed by atoms with Crippen LogP contribution in [0.2, 0.25) is 0 Å². The van der Waals surface area contributed by atoms with Gasteiger partial charge in [0.05, 0.1) is 18.2 Å². The van der Waals surface area contributed by atoms with Gasteiger partial charge in [0.2, 0.25) is 0 Å². The molecule has 1 heterocycles. The zero-order valence-corrected chi connectivity index (χ0v) is 14.4. The van der Waals surface area contributed by atoms with E-state index < -0.39 is 12.1 Å². The Hall–Kier alpha value is -3.08. The number of carbonyl (C=O) groups is 2. The number of esters is 1. The van der Waals surface area contributed by atoms with Gasteiger partial charge in [0.1, 0.15) is 5.75 Å². The molecule has 0 aliphatic rings. The molecule has 1 atom stereocenters. The third-order valence-corrected chi connectivity index (χ3v) is 4.00. The van der Waals surface area contributed by atoms with Gasteiger partial charge in [0, 0.05) is 11.6 Å². The Labute approximate surface area is 145 Å². The van der Waals surface area contributed by atoms with Crippen LogP contribution in [-0.2, 0) is 4.74 Å². The molecule has 0 spiro atoms. The predicted molar refractivity (Wildman–Crippen MR) is 95.2 cm³/mol. The first-order chi connectivity index (χ1) is 12.0. The number of carbonyl (C=O) groups excluding carboxylic acids is 2. The molecule has 25 heavy (non-hydrogen) atoms. The second-order valence-corrected chi connectivity index (χ2v) is 5.84. The topological polar surface area (TPSA) is 57.5 Å². The molecule has 0 amide bonds. The summed E-state index contributed by atoms with van der Waals surface area (Å²) in [6, 6.07) is 14.7. The minimum atomic E-state index is -0.705. The normalized spacial score (nSPS) is 12.0. The Morgan fingerprint density at radius 1 is 1.08 bits per heavy atom. The molecule has 0 saturated heterocycles. The monoisotopic (exact) mass is 337 g/mol. The van der Waals surface area contributed by atoms with Crippen LogP contribution in [0.5, 0.6) is 5.75 Å². The molecular weight excluding hydrogens is 318 g/mol. The lowest BCUT2D eigenvalue weighted by molar-refractivity contribution is 0.0602. The van der Waals surface area contributed by atoms with Gasteiger partial charge >= 0.3 is 5.97 Å². The quantitative estimate of drug-likeness (QED) is 0.679. The summed E-state index contributed by atoms with van der Waals surface area (Å²) in [5.74, 6) is -0.103. The Morgan fingerprint density at radius 2 is 1.84 bits per heavy atom. The maximum atomic E-state index is 12.9. The third-order valence-electron chi connectivity index (χ3n) is 4.00. The zero-order valence-electron chi connectivity index (χ0n) is 14.4. The van der Waals surface area contributed by atoms with Crippen LogP contribution in [0.15, 0.2) is 54.7 Å². The first-order valence-electron chi connectivity index (χ1n) is 7.97. The first-order valence-corrected chi connectivity index (χ1v) is 7.97. The van der Waals surface area contributed by atoms with Crippen LogP contribution in [0.25, 0.3) is 10.9 Å². The lowest BCUT2D eigenvalue weighted by Gasteiger charge is -2.15. The minimum Gasteiger partial charge on any atom is -0.481 e. The number of aryl methyl sites for hydroxylation is 1. The Morgan fingerprint density at radius 3 is 2.56 bits per heavy atom. The first kappa shape index (κ1) is 16.8. The van der Waals surface area contributed by atoms with Crippen molar-refractivity contribution in [1.29, 1.82) is 0 Å². The fourth-order valence-corrected chi connectivity index (χ4v) is 2.77. The summed E-state index contributed by atoms with van der Waals surface area (Å²) in [6.45, 7) is 3.65. The maximum absolute atomic E-state index is 12.9. The lowest BCUT2D eigenvalue weighted by Crippen LogP contribution is -2.28. The van der Waals surface area contributed by atoms with Crippen molar-refractivity contribution >= 4 is 22.8 Å². The molecule has 128 valence electrons. The van der Waals surface area contributed by atoms with Gasteiger partial charge in [0.15, 0.2) is 6.10 Å². The fraction of sp³-hybridized carbons (Fsp3) is 0.200. The van der Waals surface area contributed by atoms with Crippen molar-refractivity contribution in [2.45, 2.75) is 20.0 Å². The van der Waals surface area contributed by atoms with E-state index >= 15 is 0 Å². The molecule has 0 N–H and O–H groups in total. The van der Waals surface area contributed by atoms with Gasteiger partial charge in [-0.3, -0.25) is 9.36 Å². The second kappa shape index (κ2) is 6.81. The fourth-order valence-electron chi connectivity index (χ4n) is 2.77. The number of rotatable bonds is 4. The van der Waals surface area contributed by atoms with Gasteiger partial charge in [-0.2, -0.15) is 0 Å². The lowest BCUT2D eigenvalue weighted by atomic mass is 10.2. The summed E-state index contributed by atoms with van der Waals surface area (Å²) in [4.78, 5) is 24.8. The number of methoxy groups -OCH3 is 1. The van der Waals surface area contributed by atoms with E-state index in [4.69, 9.17) is 9.47 Å². The molecule has 0 aliphatic heterocycles. The Kier molecular flexibility index (Phi) is 4.57. The van der Waals surface area contributed by atoms with Crippen LogP contribution < -0.4 is 4.74 Å². The van der Waals surface area contributed by atoms with Gasteiger partial charge in [-0.05, 0) is 37.6 Å². The molecule has 0 fully saturated rings. The summed E-state index contributed by atoms with van der Waals surface area (Å²) >= 11 is 0. The standard InChI is InChI=1S/C20H19NO4/c1-13-7-6-8-15(11-13)25-14(2)19(22)21-12-17(20(23)24-3)16-9-4-5-10-18(16)21/h4-12,14H,1-3H3/t14-/m0/s1. The average Bonchev–Trinajstić information content (AvgIpc) is 3.00. The highest BCUT2D eigenvalue weighted by Gasteiger charge is 2.23. The van der Waals surface area contributed by atoms with Crippen LogP contribution in [0, 0.1) is 6.92 Å². The largest absolute Gasteiger partial charge is 0.481 e. The van der Waals surface area contributed by atoms with Crippen molar-refractivity contribution in [2.75, 3.05) is 7.11 Å². The van der Waals surface area contributed by atoms with E-state index in [1.165, 1.54) is 17.9 Å². The number of hydrogen-bond acceptors (Lipinski definition) is 4. The number of nitrogens with zero attached hydrogens (tertiary/aromatic N) is 1. The summed E-state index contributed by atoms with van der Waals surface area (Å²) in [6.07, 6.45) is 0.803. The van der Waals surface area contributed by atoms with Gasteiger partial charge < -0.3 is 9.47 Å². The molecule has 5 heteroatoms. The van der Waals surface area contributed by atoms with Crippen molar-refractivity contribution in [2.24, 2.45) is 0 Å². The van der Waals surface area contributed by atoms with Crippen molar-refractivity contribution in [1.82, 2.24) is 4.57 Å². The number of hydrogen-bond donors (Lipinski definition) is 0. The summed E-state index contributed by atoms with van der Waals surface area (Å²) in [5, 5.41) is 0.672. The molecule has 1 aromatic heterocycles. The Balaban J connectivity index is 1.95. The molecule has 3 rings (SSSR count). The van der Waals surface area contributed by atoms with Crippen molar-refractivity contribution in [3.8, 4) is 5.75 Å². The maximum Gasteiger partial charge on any atom is 0.340 e. The molecule has 0 unspecified atom stereocenters. The van der Waals surface area contributed by atoms with Crippen molar-refractivity contribution < 1.29 is 19.1 Å². The van der Waals surface area contributed by atoms with E-state index in [9.17, 15) is 9.59 Å². The molecule has 0 radical (unpaired) electrons. The van der Waals surface area contributed by atoms with Gasteiger partial charge in [0.25, 0.3) is 5.91 Å². The number of benzene rings is 2. The second-order valence-electron chi connectivity index (χ2n) is 5.84. The van der Waals surface area contributed by atoms with E-state index in [2.05, 4.69) is 0 Å². The van der Waals surface area contributed by atoms with Crippen LogP contribution in [0.1, 0.15) is 27.6 Å². The zero-order chi connectivity index (χ0) is 18.0. The van der Waals surface area contributed by atoms with E-state index in [-0.39, 0.29) is 5.91 Å². The minimum absolute atomic E-state index is 0.257. The summed E-state index contributed by atoms with van der Waals surface area (Å²) in [5.41, 5.74) is 2.05. The summed E-state index contributed by atoms with van der Waals surface area (Å²) < 4.78 is 12.0. The third kappa shape index (κ3) is 3.26. The number of aromatic nitrogens is 1. The van der Waals surface area contributed by atoms with E-state index in [0.29, 0.717) is 22.2 Å². The number of fused-ring (bicyclic) bond motifs is 1. The van der Waals surface area contributed by atoms with Crippen LogP contribution in [0.4, 0.5) is 0 Å². The molecular formula is C20H19NO4. The molecule has 5 nitrogen and oxygen atoms in total. The van der Waals surface area contributed by atoms with E-state index in [0.717, 1.165) is 5.56 Å². The van der Waals surface area contributed by atoms with Gasteiger partial charge in [-0.15, -0.1) is 0 Å². The highest BCUT2D eigenvalue weighted by molar-refractivity contribution is 6.07. The molecule has 2 aromatic carbocycles. The van der Waals surface area contributed by atoms with E-state index in [1.54, 1.807) is 19.1 Å². The molecule has 0 aliphatic carbocycles. The van der Waals surface area contributed by atoms with Crippen molar-refractivity contribution in [3.05, 3.63) is 65.9 Å². The van der Waals surface area contributed by atoms with Crippen molar-refractivity contribution in [3.63, 3.8) is 0 Å². The van der Waals surface area contributed by atoms with Gasteiger partial charge in [-0.1, -0.05) is 30.3 Å². The van der Waals surface area contributed by atoms with E-state index in [1.807, 2.05) is 43.3 Å². The number of ether oxygens (including phenoxy) is 2. The predicted octanol–water partition coefficient (Wildman–Crippen LogP) is 3.84. The molecule has 0 bridgehead atoms. The van der Waals surface area contributed by atoms with Crippen LogP contribution in [-0.4, -0.2) is 29.7 Å². The van der Waals surface area contributed by atoms with Crippen LogP contribution in [0.3, 0.4) is 0 Å². The SMILES string of the molecule is COC(=O)c1cn(C(=O)[C@H](C)Oc2cccc(C)c2)c2ccccc12. The smallest absolute Gasteiger partial charge is 0.340 e. The highest BCUT2D eigenvalue weighted by Crippen LogP contribution is 2.23. The number of para-hydroxylation sites is 1. The molecule has 0 saturated carbocycles. The Bertz CT molecular complexity index is 942. The highest BCUT2D eigenvalue weighted by atomic mass is 16.5. The van der Waals surface area contributed by atoms with Crippen LogP contribution >= 0.6 is 0 Å². The molecule has 3 aromatic rings.